The zero-order chi connectivity index (χ0) is 13.2. The van der Waals surface area contributed by atoms with Crippen LogP contribution in [0.15, 0.2) is 54.0 Å². The second-order valence-corrected chi connectivity index (χ2v) is 5.09. The summed E-state index contributed by atoms with van der Waals surface area (Å²) in [6.45, 7) is 0.515. The molecule has 0 aliphatic rings. The van der Waals surface area contributed by atoms with Gasteiger partial charge in [0.2, 0.25) is 11.0 Å². The van der Waals surface area contributed by atoms with Gasteiger partial charge in [-0.15, -0.1) is 0 Å². The van der Waals surface area contributed by atoms with Gasteiger partial charge in [-0.25, -0.2) is 0 Å². The van der Waals surface area contributed by atoms with Crippen molar-refractivity contribution in [1.82, 2.24) is 0 Å². The first-order chi connectivity index (χ1) is 9.25. The van der Waals surface area contributed by atoms with Gasteiger partial charge in [-0.05, 0) is 12.1 Å². The van der Waals surface area contributed by atoms with Crippen molar-refractivity contribution in [2.24, 2.45) is 0 Å². The number of thiazole rings is 1. The summed E-state index contributed by atoms with van der Waals surface area (Å²) in [6, 6.07) is 14.9. The van der Waals surface area contributed by atoms with E-state index in [9.17, 15) is 10.1 Å². The molecule has 1 aromatic heterocycles. The highest BCUT2D eigenvalue weighted by molar-refractivity contribution is 7.16. The fourth-order valence-corrected chi connectivity index (χ4v) is 2.99. The molecule has 94 valence electrons. The first kappa shape index (κ1) is 11.8. The lowest BCUT2D eigenvalue weighted by molar-refractivity contribution is -0.658. The lowest BCUT2D eigenvalue weighted by atomic mass is 10.2. The van der Waals surface area contributed by atoms with E-state index in [2.05, 4.69) is 6.07 Å². The number of nitrogens with zero attached hydrogens (tertiary/aromatic N) is 2. The number of hydrogen-bond acceptors (Lipinski definition) is 3. The van der Waals surface area contributed by atoms with Crippen LogP contribution in [0.2, 0.25) is 0 Å². The molecule has 0 aliphatic carbocycles. The molecule has 0 radical (unpaired) electrons. The molecule has 3 aromatic rings. The van der Waals surface area contributed by atoms with Crippen LogP contribution in [0.4, 0.5) is 5.69 Å². The van der Waals surface area contributed by atoms with Crippen molar-refractivity contribution in [2.45, 2.75) is 6.54 Å². The number of rotatable bonds is 3. The standard InChI is InChI=1S/C14H11N2O2S/c17-16(18)12-6-2-1-5-11(12)9-15-10-19-14-8-4-3-7-13(14)15/h1-8,10H,9H2/q+1. The van der Waals surface area contributed by atoms with Gasteiger partial charge in [-0.3, -0.25) is 10.1 Å². The number of nitro groups is 1. The molecule has 0 atom stereocenters. The average molecular weight is 271 g/mol. The highest BCUT2D eigenvalue weighted by Crippen LogP contribution is 2.20. The molecular weight excluding hydrogens is 260 g/mol. The SMILES string of the molecule is O=[N+]([O-])c1ccccc1C[n+]1csc2ccccc21. The van der Waals surface area contributed by atoms with E-state index in [1.165, 1.54) is 4.70 Å². The van der Waals surface area contributed by atoms with E-state index in [4.69, 9.17) is 0 Å². The lowest BCUT2D eigenvalue weighted by Gasteiger charge is -1.98. The van der Waals surface area contributed by atoms with E-state index in [1.807, 2.05) is 34.3 Å². The van der Waals surface area contributed by atoms with Crippen molar-refractivity contribution in [1.29, 1.82) is 0 Å². The van der Waals surface area contributed by atoms with Crippen LogP contribution >= 0.6 is 11.3 Å². The van der Waals surface area contributed by atoms with Crippen LogP contribution in [0.1, 0.15) is 5.56 Å². The summed E-state index contributed by atoms with van der Waals surface area (Å²) in [5.74, 6) is 0. The highest BCUT2D eigenvalue weighted by Gasteiger charge is 2.18. The van der Waals surface area contributed by atoms with Crippen LogP contribution in [0.5, 0.6) is 0 Å². The molecule has 0 spiro atoms. The van der Waals surface area contributed by atoms with Gasteiger partial charge in [0.15, 0.2) is 6.54 Å². The maximum atomic E-state index is 11.0. The molecular formula is C14H11N2O2S+. The molecule has 0 amide bonds. The van der Waals surface area contributed by atoms with Crippen LogP contribution in [0.3, 0.4) is 0 Å². The predicted molar refractivity (Wildman–Crippen MR) is 74.2 cm³/mol. The summed E-state index contributed by atoms with van der Waals surface area (Å²) in [5, 5.41) is 11.0. The molecule has 2 aromatic carbocycles. The quantitative estimate of drug-likeness (QED) is 0.417. The average Bonchev–Trinajstić information content (AvgIpc) is 2.83. The van der Waals surface area contributed by atoms with Crippen molar-refractivity contribution >= 4 is 27.2 Å². The summed E-state index contributed by atoms with van der Waals surface area (Å²) in [6.07, 6.45) is 0. The summed E-state index contributed by atoms with van der Waals surface area (Å²) in [4.78, 5) is 10.7. The van der Waals surface area contributed by atoms with E-state index in [0.717, 1.165) is 11.1 Å². The van der Waals surface area contributed by atoms with E-state index in [-0.39, 0.29) is 10.6 Å². The second-order valence-electron chi connectivity index (χ2n) is 4.20. The Morgan fingerprint density at radius 2 is 1.84 bits per heavy atom. The Hall–Kier alpha value is -2.27. The summed E-state index contributed by atoms with van der Waals surface area (Å²) >= 11 is 1.64. The smallest absolute Gasteiger partial charge is 0.258 e. The topological polar surface area (TPSA) is 47.0 Å². The fraction of sp³-hybridized carbons (Fsp3) is 0.0714. The Labute approximate surface area is 113 Å². The van der Waals surface area contributed by atoms with Crippen molar-refractivity contribution in [3.05, 3.63) is 69.7 Å². The van der Waals surface area contributed by atoms with Crippen molar-refractivity contribution < 1.29 is 9.49 Å². The van der Waals surface area contributed by atoms with E-state index >= 15 is 0 Å². The van der Waals surface area contributed by atoms with Crippen molar-refractivity contribution in [3.8, 4) is 0 Å². The van der Waals surface area contributed by atoms with Gasteiger partial charge in [0.05, 0.1) is 10.5 Å². The van der Waals surface area contributed by atoms with Gasteiger partial charge < -0.3 is 0 Å². The Balaban J connectivity index is 2.04. The molecule has 0 saturated carbocycles. The monoisotopic (exact) mass is 271 g/mol. The van der Waals surface area contributed by atoms with Crippen molar-refractivity contribution in [3.63, 3.8) is 0 Å². The second kappa shape index (κ2) is 4.78. The molecule has 3 rings (SSSR count). The Bertz CT molecular complexity index is 752. The molecule has 0 unspecified atom stereocenters. The Morgan fingerprint density at radius 1 is 1.11 bits per heavy atom. The van der Waals surface area contributed by atoms with Crippen LogP contribution in [-0.2, 0) is 6.54 Å². The van der Waals surface area contributed by atoms with Crippen molar-refractivity contribution in [2.75, 3.05) is 0 Å². The van der Waals surface area contributed by atoms with Gasteiger partial charge in [0.25, 0.3) is 5.69 Å². The number of para-hydroxylation sites is 2. The largest absolute Gasteiger partial charge is 0.278 e. The normalized spacial score (nSPS) is 10.7. The first-order valence-corrected chi connectivity index (χ1v) is 6.71. The molecule has 0 aliphatic heterocycles. The molecule has 4 nitrogen and oxygen atoms in total. The van der Waals surface area contributed by atoms with Gasteiger partial charge in [-0.2, -0.15) is 4.57 Å². The molecule has 0 saturated heterocycles. The first-order valence-electron chi connectivity index (χ1n) is 5.83. The summed E-state index contributed by atoms with van der Waals surface area (Å²) < 4.78 is 3.23. The number of aromatic nitrogens is 1. The summed E-state index contributed by atoms with van der Waals surface area (Å²) in [5.41, 5.74) is 4.00. The number of nitro benzene ring substituents is 1. The Morgan fingerprint density at radius 3 is 2.68 bits per heavy atom. The van der Waals surface area contributed by atoms with Crippen LogP contribution < -0.4 is 4.57 Å². The number of fused-ring (bicyclic) bond motifs is 1. The van der Waals surface area contributed by atoms with Gasteiger partial charge in [0.1, 0.15) is 4.70 Å². The number of benzene rings is 2. The molecule has 0 N–H and O–H groups in total. The molecule has 5 heteroatoms. The molecule has 0 bridgehead atoms. The van der Waals surface area contributed by atoms with E-state index in [0.29, 0.717) is 6.54 Å². The van der Waals surface area contributed by atoms with Gasteiger partial charge in [-0.1, -0.05) is 35.6 Å². The molecule has 19 heavy (non-hydrogen) atoms. The lowest BCUT2D eigenvalue weighted by Crippen LogP contribution is -2.32. The zero-order valence-electron chi connectivity index (χ0n) is 10.0. The molecule has 1 heterocycles. The third-order valence-corrected chi connectivity index (χ3v) is 3.97. The van der Waals surface area contributed by atoms with Crippen LogP contribution in [0, 0.1) is 10.1 Å². The van der Waals surface area contributed by atoms with Gasteiger partial charge in [0, 0.05) is 12.1 Å². The third kappa shape index (κ3) is 2.20. The minimum Gasteiger partial charge on any atom is -0.258 e. The highest BCUT2D eigenvalue weighted by atomic mass is 32.1. The maximum absolute atomic E-state index is 11.0. The Kier molecular flexibility index (Phi) is 2.97. The zero-order valence-corrected chi connectivity index (χ0v) is 10.8. The predicted octanol–water partition coefficient (Wildman–Crippen LogP) is 3.15. The minimum absolute atomic E-state index is 0.172. The summed E-state index contributed by atoms with van der Waals surface area (Å²) in [7, 11) is 0. The van der Waals surface area contributed by atoms with E-state index < -0.39 is 0 Å². The molecule has 0 fully saturated rings. The fourth-order valence-electron chi connectivity index (χ4n) is 2.10. The van der Waals surface area contributed by atoms with Crippen LogP contribution in [-0.4, -0.2) is 4.92 Å². The van der Waals surface area contributed by atoms with E-state index in [1.54, 1.807) is 29.5 Å². The maximum Gasteiger partial charge on any atom is 0.278 e. The third-order valence-electron chi connectivity index (χ3n) is 3.01. The van der Waals surface area contributed by atoms with Gasteiger partial charge >= 0.3 is 0 Å². The van der Waals surface area contributed by atoms with Crippen LogP contribution in [0.25, 0.3) is 10.2 Å². The minimum atomic E-state index is -0.329. The number of hydrogen-bond donors (Lipinski definition) is 0.